The van der Waals surface area contributed by atoms with Gasteiger partial charge in [-0.3, -0.25) is 6.08 Å². The van der Waals surface area contributed by atoms with Crippen LogP contribution in [-0.2, 0) is 24.2 Å². The summed E-state index contributed by atoms with van der Waals surface area (Å²) in [5.74, 6) is 0. The second kappa shape index (κ2) is 15.9. The quantitative estimate of drug-likeness (QED) is 0.272. The first-order valence-corrected chi connectivity index (χ1v) is 3.76. The van der Waals surface area contributed by atoms with Gasteiger partial charge in [0.15, 0.2) is 0 Å². The van der Waals surface area contributed by atoms with Crippen LogP contribution in [0.2, 0.25) is 0 Å². The first-order chi connectivity index (χ1) is 7.04. The molecule has 0 fully saturated rings. The van der Waals surface area contributed by atoms with E-state index in [1.54, 1.807) is 0 Å². The second-order valence-electron chi connectivity index (χ2n) is 1.89. The zero-order chi connectivity index (χ0) is 12.1. The standard InChI is InChI=1S/C5H5.C3H5.C2H2O5.Ru/c1-2-4-5-3-1;1-3-2;3-1(4)7-2(5)6;/h1-3H,4H2;3H,1-2H2;(H,3,4)(H,5,6);/q2*-1;;+4/p-2. The number of carbonyl (C=O) groups is 2. The summed E-state index contributed by atoms with van der Waals surface area (Å²) in [4.78, 5) is 18.1. The number of allylic oxidation sites excluding steroid dienone is 5. The molecule has 0 radical (unpaired) electrons. The molecule has 0 saturated heterocycles. The van der Waals surface area contributed by atoms with Crippen molar-refractivity contribution in [2.45, 2.75) is 6.42 Å². The van der Waals surface area contributed by atoms with Gasteiger partial charge >= 0.3 is 19.5 Å². The molecule has 0 saturated carbocycles. The van der Waals surface area contributed by atoms with E-state index in [1.165, 1.54) is 6.08 Å². The van der Waals surface area contributed by atoms with E-state index in [2.05, 4.69) is 30.4 Å². The van der Waals surface area contributed by atoms with Gasteiger partial charge in [-0.25, -0.2) is 31.7 Å². The van der Waals surface area contributed by atoms with Crippen LogP contribution in [0.3, 0.4) is 0 Å². The van der Waals surface area contributed by atoms with E-state index in [1.807, 2.05) is 12.2 Å². The maximum Gasteiger partial charge on any atom is 4.00 e. The van der Waals surface area contributed by atoms with Crippen LogP contribution < -0.4 is 10.2 Å². The van der Waals surface area contributed by atoms with Crippen molar-refractivity contribution in [2.75, 3.05) is 0 Å². The monoisotopic (exact) mass is 312 g/mol. The average molecular weight is 311 g/mol. The molecular formula is C10H10O5Ru. The van der Waals surface area contributed by atoms with Gasteiger partial charge in [0.25, 0.3) is 12.3 Å². The van der Waals surface area contributed by atoms with E-state index in [0.717, 1.165) is 6.42 Å². The zero-order valence-electron chi connectivity index (χ0n) is 8.33. The molecule has 6 heteroatoms. The van der Waals surface area contributed by atoms with Gasteiger partial charge in [-0.05, 0) is 0 Å². The second-order valence-corrected chi connectivity index (χ2v) is 1.89. The van der Waals surface area contributed by atoms with Crippen molar-refractivity contribution < 1.29 is 44.0 Å². The van der Waals surface area contributed by atoms with Gasteiger partial charge in [0.1, 0.15) is 0 Å². The molecule has 0 unspecified atom stereocenters. The summed E-state index contributed by atoms with van der Waals surface area (Å²) < 4.78 is 2.86. The first-order valence-electron chi connectivity index (χ1n) is 3.76. The maximum atomic E-state index is 9.06. The van der Waals surface area contributed by atoms with Crippen molar-refractivity contribution in [1.82, 2.24) is 0 Å². The topological polar surface area (TPSA) is 89.5 Å². The van der Waals surface area contributed by atoms with Gasteiger partial charge in [-0.15, -0.1) is 6.42 Å². The predicted molar refractivity (Wildman–Crippen MR) is 49.0 cm³/mol. The molecule has 1 rings (SSSR count). The largest absolute Gasteiger partial charge is 4.00 e. The Bertz CT molecular complexity index is 236. The Labute approximate surface area is 107 Å². The van der Waals surface area contributed by atoms with Crippen molar-refractivity contribution in [2.24, 2.45) is 0 Å². The number of hydrogen-bond donors (Lipinski definition) is 0. The molecule has 0 atom stereocenters. The Hall–Kier alpha value is -1.55. The number of rotatable bonds is 0. The fourth-order valence-corrected chi connectivity index (χ4v) is 0.408. The summed E-state index contributed by atoms with van der Waals surface area (Å²) in [6.45, 7) is 6.50. The molecule has 5 nitrogen and oxygen atoms in total. The van der Waals surface area contributed by atoms with Crippen molar-refractivity contribution in [3.8, 4) is 0 Å². The van der Waals surface area contributed by atoms with Crippen LogP contribution in [0, 0.1) is 13.0 Å². The van der Waals surface area contributed by atoms with Crippen molar-refractivity contribution in [1.29, 1.82) is 0 Å². The molecule has 0 aliphatic heterocycles. The van der Waals surface area contributed by atoms with Gasteiger partial charge in [0, 0.05) is 0 Å². The Morgan fingerprint density at radius 1 is 1.44 bits per heavy atom. The first kappa shape index (κ1) is 19.9. The fourth-order valence-electron chi connectivity index (χ4n) is 0.408. The summed E-state index contributed by atoms with van der Waals surface area (Å²) in [5.41, 5.74) is 0. The summed E-state index contributed by atoms with van der Waals surface area (Å²) in [7, 11) is 0. The maximum absolute atomic E-state index is 9.06. The van der Waals surface area contributed by atoms with E-state index < -0.39 is 12.3 Å². The number of ether oxygens (including phenoxy) is 1. The minimum absolute atomic E-state index is 0. The van der Waals surface area contributed by atoms with E-state index in [0.29, 0.717) is 0 Å². The molecule has 0 bridgehead atoms. The zero-order valence-corrected chi connectivity index (χ0v) is 10.1. The molecule has 0 N–H and O–H groups in total. The molecule has 16 heavy (non-hydrogen) atoms. The summed E-state index contributed by atoms with van der Waals surface area (Å²) in [5, 5.41) is 18.1. The van der Waals surface area contributed by atoms with Crippen molar-refractivity contribution in [3.05, 3.63) is 43.9 Å². The molecule has 0 aromatic rings. The fraction of sp³-hybridized carbons (Fsp3) is 0.100. The number of carboxylic acid groups (broad SMARTS) is 2. The van der Waals surface area contributed by atoms with Crippen LogP contribution in [0.25, 0.3) is 0 Å². The van der Waals surface area contributed by atoms with Crippen LogP contribution in [0.15, 0.2) is 30.9 Å². The normalized spacial score (nSPS) is 9.50. The van der Waals surface area contributed by atoms with Gasteiger partial charge in [-0.2, -0.15) is 6.08 Å². The minimum Gasteiger partial charge on any atom is -0.483 e. The molecule has 1 aliphatic rings. The third kappa shape index (κ3) is 29.4. The molecule has 0 amide bonds. The average Bonchev–Trinajstić information content (AvgIpc) is 2.58. The Balaban J connectivity index is -0.000000166. The van der Waals surface area contributed by atoms with Gasteiger partial charge < -0.3 is 24.5 Å². The Morgan fingerprint density at radius 2 is 1.88 bits per heavy atom. The van der Waals surface area contributed by atoms with Crippen molar-refractivity contribution in [3.63, 3.8) is 0 Å². The summed E-state index contributed by atoms with van der Waals surface area (Å²) >= 11 is 0. The number of hydrogen-bond acceptors (Lipinski definition) is 5. The van der Waals surface area contributed by atoms with Crippen LogP contribution in [0.1, 0.15) is 6.42 Å². The third-order valence-corrected chi connectivity index (χ3v) is 0.753. The molecule has 0 spiro atoms. The third-order valence-electron chi connectivity index (χ3n) is 0.753. The predicted octanol–water partition coefficient (Wildman–Crippen LogP) is -0.000720. The van der Waals surface area contributed by atoms with Crippen LogP contribution in [0.4, 0.5) is 9.59 Å². The van der Waals surface area contributed by atoms with E-state index in [-0.39, 0.29) is 19.5 Å². The van der Waals surface area contributed by atoms with Gasteiger partial charge in [0.2, 0.25) is 0 Å². The Kier molecular flexibility index (Phi) is 19.8. The van der Waals surface area contributed by atoms with Crippen LogP contribution in [0.5, 0.6) is 0 Å². The minimum atomic E-state index is -2.12. The smallest absolute Gasteiger partial charge is 0.483 e. The van der Waals surface area contributed by atoms with Crippen LogP contribution >= 0.6 is 0 Å². The molecule has 1 aliphatic carbocycles. The van der Waals surface area contributed by atoms with Gasteiger partial charge in [0.05, 0.1) is 0 Å². The molecule has 0 aromatic heterocycles. The van der Waals surface area contributed by atoms with Gasteiger partial charge in [-0.1, -0.05) is 0 Å². The van der Waals surface area contributed by atoms with E-state index >= 15 is 0 Å². The molecule has 88 valence electrons. The summed E-state index contributed by atoms with van der Waals surface area (Å²) in [6.07, 6.45) is 7.25. The Morgan fingerprint density at radius 3 is 1.94 bits per heavy atom. The summed E-state index contributed by atoms with van der Waals surface area (Å²) in [6, 6.07) is 0. The molecular weight excluding hydrogens is 301 g/mol. The van der Waals surface area contributed by atoms with Crippen molar-refractivity contribution >= 4 is 12.3 Å². The van der Waals surface area contributed by atoms with E-state index in [4.69, 9.17) is 19.8 Å². The van der Waals surface area contributed by atoms with E-state index in [9.17, 15) is 0 Å². The number of carbonyl (C=O) groups excluding carboxylic acids is 2. The van der Waals surface area contributed by atoms with Crippen LogP contribution in [-0.4, -0.2) is 12.3 Å². The molecule has 0 aromatic carbocycles. The molecule has 0 heterocycles. The SMILES string of the molecule is C=C[CH2-].O=C([O-])OC(=O)[O-].[C-]1=CC=CC1.[Ru+4].